The molecule has 1 heterocycles. The number of rotatable bonds is 8. The molecule has 0 bridgehead atoms. The van der Waals surface area contributed by atoms with Gasteiger partial charge >= 0.3 is 11.9 Å². The van der Waals surface area contributed by atoms with E-state index in [9.17, 15) is 9.59 Å². The second-order valence-corrected chi connectivity index (χ2v) is 15.2. The lowest BCUT2D eigenvalue weighted by atomic mass is 9.43. The number of allylic oxidation sites excluding steroid dienone is 1. The maximum atomic E-state index is 13.6. The topological polar surface area (TPSA) is 71.1 Å². The largest absolute Gasteiger partial charge is 0.463 e. The van der Waals surface area contributed by atoms with Crippen molar-refractivity contribution in [2.24, 2.45) is 46.3 Å². The molecule has 0 amide bonds. The van der Waals surface area contributed by atoms with Gasteiger partial charge in [-0.3, -0.25) is 0 Å². The highest BCUT2D eigenvalue weighted by Gasteiger charge is 2.65. The maximum absolute atomic E-state index is 13.6. The first kappa shape index (κ1) is 31.8. The predicted molar refractivity (Wildman–Crippen MR) is 170 cm³/mol. The number of hydrogen-bond donors (Lipinski definition) is 0. The van der Waals surface area contributed by atoms with E-state index in [0.29, 0.717) is 66.5 Å². The van der Waals surface area contributed by atoms with Gasteiger partial charge in [0.1, 0.15) is 6.10 Å². The summed E-state index contributed by atoms with van der Waals surface area (Å²) in [6.45, 7) is 13.0. The standard InChI is InChI=1S/C38H54O6/c1-6-41-34(39)26(3)12-10-11-25(2)29-15-16-30-33-31(17-18-37(29,30)5)36(4)19-20-38(42-21-22-43-38)24-28(36)23-32(33)44-35(40)27-13-8-7-9-14-27/h7-9,12-14,25,28-33H,6,10-11,15-24H2,1-5H3/b26-12+/t25-,28+,29?,30?,31?,32?,33?,36?,37?/m1/s1. The second kappa shape index (κ2) is 12.5. The van der Waals surface area contributed by atoms with Crippen molar-refractivity contribution in [3.63, 3.8) is 0 Å². The number of esters is 2. The van der Waals surface area contributed by atoms with Gasteiger partial charge in [0.2, 0.25) is 0 Å². The Morgan fingerprint density at radius 1 is 1.00 bits per heavy atom. The molecule has 1 saturated heterocycles. The number of carbonyl (C=O) groups is 2. The van der Waals surface area contributed by atoms with E-state index < -0.39 is 5.79 Å². The molecular formula is C38H54O6. The van der Waals surface area contributed by atoms with Gasteiger partial charge in [-0.15, -0.1) is 0 Å². The van der Waals surface area contributed by atoms with Gasteiger partial charge in [-0.25, -0.2) is 9.59 Å². The van der Waals surface area contributed by atoms with Crippen LogP contribution in [0.2, 0.25) is 0 Å². The first-order chi connectivity index (χ1) is 21.1. The zero-order valence-corrected chi connectivity index (χ0v) is 27.6. The fraction of sp³-hybridized carbons (Fsp3) is 0.737. The molecule has 0 N–H and O–H groups in total. The first-order valence-corrected chi connectivity index (χ1v) is 17.5. The van der Waals surface area contributed by atoms with Crippen LogP contribution in [0.25, 0.3) is 0 Å². The molecule has 6 heteroatoms. The summed E-state index contributed by atoms with van der Waals surface area (Å²) in [6, 6.07) is 9.53. The molecule has 1 aliphatic heterocycles. The smallest absolute Gasteiger partial charge is 0.338 e. The molecular weight excluding hydrogens is 552 g/mol. The lowest BCUT2D eigenvalue weighted by molar-refractivity contribution is -0.242. The van der Waals surface area contributed by atoms with Crippen molar-refractivity contribution in [3.05, 3.63) is 47.5 Å². The number of hydrogen-bond acceptors (Lipinski definition) is 6. The van der Waals surface area contributed by atoms with Gasteiger partial charge in [0.15, 0.2) is 5.79 Å². The fourth-order valence-electron chi connectivity index (χ4n) is 10.9. The van der Waals surface area contributed by atoms with Crippen LogP contribution in [0.15, 0.2) is 42.0 Å². The minimum Gasteiger partial charge on any atom is -0.463 e. The molecule has 6 nitrogen and oxygen atoms in total. The molecule has 4 aliphatic carbocycles. The highest BCUT2D eigenvalue weighted by atomic mass is 16.7. The van der Waals surface area contributed by atoms with Crippen LogP contribution in [0.1, 0.15) is 109 Å². The van der Waals surface area contributed by atoms with Crippen LogP contribution in [-0.2, 0) is 23.7 Å². The van der Waals surface area contributed by atoms with Crippen LogP contribution >= 0.6 is 0 Å². The third-order valence-electron chi connectivity index (χ3n) is 13.2. The molecule has 6 rings (SSSR count). The number of benzene rings is 1. The number of ether oxygens (including phenoxy) is 4. The van der Waals surface area contributed by atoms with Gasteiger partial charge in [0, 0.05) is 24.3 Å². The van der Waals surface area contributed by atoms with Crippen LogP contribution in [0, 0.1) is 46.3 Å². The molecule has 44 heavy (non-hydrogen) atoms. The van der Waals surface area contributed by atoms with Crippen LogP contribution in [0.3, 0.4) is 0 Å². The Labute approximate surface area is 264 Å². The van der Waals surface area contributed by atoms with Gasteiger partial charge in [-0.2, -0.15) is 0 Å². The molecule has 5 fully saturated rings. The second-order valence-electron chi connectivity index (χ2n) is 15.2. The van der Waals surface area contributed by atoms with Gasteiger partial charge in [-0.1, -0.05) is 45.0 Å². The van der Waals surface area contributed by atoms with E-state index in [2.05, 4.69) is 26.8 Å². The molecule has 1 aromatic rings. The lowest BCUT2D eigenvalue weighted by Gasteiger charge is -2.63. The molecule has 0 radical (unpaired) electrons. The van der Waals surface area contributed by atoms with Crippen molar-refractivity contribution < 1.29 is 28.5 Å². The van der Waals surface area contributed by atoms with Gasteiger partial charge in [0.05, 0.1) is 25.4 Å². The van der Waals surface area contributed by atoms with Gasteiger partial charge in [-0.05, 0) is 118 Å². The third kappa shape index (κ3) is 5.68. The van der Waals surface area contributed by atoms with Crippen molar-refractivity contribution in [2.75, 3.05) is 19.8 Å². The Morgan fingerprint density at radius 2 is 1.73 bits per heavy atom. The molecule has 1 spiro atoms. The third-order valence-corrected chi connectivity index (χ3v) is 13.2. The SMILES string of the molecule is CCOC(=O)/C(C)=C/CC[C@@H](C)C1CCC2C3C(OC(=O)c4ccccc4)C[C@H]4CC5(CCC4(C)C3CCC21C)OCCO5. The molecule has 7 unspecified atom stereocenters. The average molecular weight is 607 g/mol. The molecule has 1 aromatic carbocycles. The number of fused-ring (bicyclic) bond motifs is 5. The maximum Gasteiger partial charge on any atom is 0.338 e. The minimum absolute atomic E-state index is 0.0869. The van der Waals surface area contributed by atoms with E-state index >= 15 is 0 Å². The van der Waals surface area contributed by atoms with Crippen LogP contribution < -0.4 is 0 Å². The summed E-state index contributed by atoms with van der Waals surface area (Å²) in [7, 11) is 0. The van der Waals surface area contributed by atoms with Crippen molar-refractivity contribution >= 4 is 11.9 Å². The van der Waals surface area contributed by atoms with Crippen LogP contribution in [-0.4, -0.2) is 43.7 Å². The van der Waals surface area contributed by atoms with Crippen LogP contribution in [0.4, 0.5) is 0 Å². The Bertz CT molecular complexity index is 1220. The number of carbonyl (C=O) groups excluding carboxylic acids is 2. The van der Waals surface area contributed by atoms with Gasteiger partial charge < -0.3 is 18.9 Å². The molecule has 4 saturated carbocycles. The predicted octanol–water partition coefficient (Wildman–Crippen LogP) is 8.15. The van der Waals surface area contributed by atoms with Crippen molar-refractivity contribution in [2.45, 2.75) is 111 Å². The van der Waals surface area contributed by atoms with E-state index in [1.54, 1.807) is 0 Å². The summed E-state index contributed by atoms with van der Waals surface area (Å²) in [5, 5.41) is 0. The van der Waals surface area contributed by atoms with E-state index in [-0.39, 0.29) is 28.9 Å². The van der Waals surface area contributed by atoms with Gasteiger partial charge in [0.25, 0.3) is 0 Å². The summed E-state index contributed by atoms with van der Waals surface area (Å²) in [5.74, 6) is 2.25. The average Bonchev–Trinajstić information content (AvgIpc) is 3.62. The van der Waals surface area contributed by atoms with E-state index in [0.717, 1.165) is 38.5 Å². The zero-order chi connectivity index (χ0) is 31.1. The summed E-state index contributed by atoms with van der Waals surface area (Å²) in [4.78, 5) is 25.7. The minimum atomic E-state index is -0.442. The highest BCUT2D eigenvalue weighted by molar-refractivity contribution is 5.89. The Kier molecular flexibility index (Phi) is 9.07. The van der Waals surface area contributed by atoms with Crippen molar-refractivity contribution in [3.8, 4) is 0 Å². The van der Waals surface area contributed by atoms with Crippen molar-refractivity contribution in [1.82, 2.24) is 0 Å². The monoisotopic (exact) mass is 606 g/mol. The summed E-state index contributed by atoms with van der Waals surface area (Å²) >= 11 is 0. The highest BCUT2D eigenvalue weighted by Crippen LogP contribution is 2.69. The van der Waals surface area contributed by atoms with Crippen LogP contribution in [0.5, 0.6) is 0 Å². The lowest BCUT2D eigenvalue weighted by Crippen LogP contribution is -2.60. The Morgan fingerprint density at radius 3 is 2.45 bits per heavy atom. The molecule has 0 aromatic heterocycles. The quantitative estimate of drug-likeness (QED) is 0.220. The fourth-order valence-corrected chi connectivity index (χ4v) is 10.9. The molecule has 9 atom stereocenters. The van der Waals surface area contributed by atoms with Crippen molar-refractivity contribution in [1.29, 1.82) is 0 Å². The van der Waals surface area contributed by atoms with E-state index in [4.69, 9.17) is 18.9 Å². The normalized spacial score (nSPS) is 38.3. The Balaban J connectivity index is 1.24. The molecule has 5 aliphatic rings. The Hall–Kier alpha value is -2.18. The summed E-state index contributed by atoms with van der Waals surface area (Å²) in [6.07, 6.45) is 12.7. The van der Waals surface area contributed by atoms with E-state index in [1.807, 2.05) is 44.2 Å². The van der Waals surface area contributed by atoms with E-state index in [1.165, 1.54) is 25.7 Å². The first-order valence-electron chi connectivity index (χ1n) is 17.5. The zero-order valence-electron chi connectivity index (χ0n) is 27.6. The summed E-state index contributed by atoms with van der Waals surface area (Å²) in [5.41, 5.74) is 1.80. The summed E-state index contributed by atoms with van der Waals surface area (Å²) < 4.78 is 24.3. The molecule has 242 valence electrons.